The summed E-state index contributed by atoms with van der Waals surface area (Å²) in [6.45, 7) is 9.45. The normalized spacial score (nSPS) is 20.0. The molecule has 3 unspecified atom stereocenters. The molecule has 3 aromatic carbocycles. The van der Waals surface area contributed by atoms with E-state index in [4.69, 9.17) is 9.47 Å². The number of ether oxygens (including phenoxy) is 2. The number of rotatable bonds is 7. The molecule has 0 saturated carbocycles. The number of carbonyl (C=O) groups excluding carboxylic acids is 1. The van der Waals surface area contributed by atoms with Crippen LogP contribution >= 0.6 is 0 Å². The number of hydrogen-bond donors (Lipinski definition) is 2. The maximum absolute atomic E-state index is 12.8. The Hall–Kier alpha value is -3.77. The summed E-state index contributed by atoms with van der Waals surface area (Å²) < 4.78 is 12.7. The van der Waals surface area contributed by atoms with Gasteiger partial charge < -0.3 is 19.9 Å². The largest absolute Gasteiger partial charge is 0.508 e. The van der Waals surface area contributed by atoms with Crippen molar-refractivity contribution in [2.24, 2.45) is 5.92 Å². The van der Waals surface area contributed by atoms with Crippen molar-refractivity contribution in [3.63, 3.8) is 0 Å². The van der Waals surface area contributed by atoms with Gasteiger partial charge in [0.15, 0.2) is 0 Å². The number of amides is 1. The van der Waals surface area contributed by atoms with Crippen molar-refractivity contribution in [3.8, 4) is 17.2 Å². The Labute approximate surface area is 224 Å². The van der Waals surface area contributed by atoms with Crippen LogP contribution in [0.3, 0.4) is 0 Å². The first-order chi connectivity index (χ1) is 18.4. The molecule has 1 amide bonds. The Morgan fingerprint density at radius 2 is 1.89 bits per heavy atom. The Morgan fingerprint density at radius 3 is 2.61 bits per heavy atom. The molecule has 0 bridgehead atoms. The van der Waals surface area contributed by atoms with Gasteiger partial charge in [0.2, 0.25) is 0 Å². The van der Waals surface area contributed by atoms with Gasteiger partial charge >= 0.3 is 0 Å². The number of benzene rings is 3. The predicted octanol–water partition coefficient (Wildman–Crippen LogP) is 5.93. The number of phenols is 1. The minimum Gasteiger partial charge on any atom is -0.508 e. The minimum atomic E-state index is -0.433. The van der Waals surface area contributed by atoms with E-state index in [1.165, 1.54) is 6.42 Å². The highest BCUT2D eigenvalue weighted by Gasteiger charge is 2.31. The van der Waals surface area contributed by atoms with Crippen LogP contribution in [0.5, 0.6) is 17.2 Å². The van der Waals surface area contributed by atoms with Gasteiger partial charge in [0.05, 0.1) is 0 Å². The van der Waals surface area contributed by atoms with Crippen LogP contribution in [0.4, 0.5) is 0 Å². The Kier molecular flexibility index (Phi) is 7.43. The van der Waals surface area contributed by atoms with Gasteiger partial charge in [-0.15, -0.1) is 0 Å². The van der Waals surface area contributed by atoms with E-state index in [0.717, 1.165) is 52.6 Å². The first kappa shape index (κ1) is 25.9. The van der Waals surface area contributed by atoms with Crippen molar-refractivity contribution in [3.05, 3.63) is 89.0 Å². The zero-order valence-electron chi connectivity index (χ0n) is 22.5. The fourth-order valence-corrected chi connectivity index (χ4v) is 5.50. The highest BCUT2D eigenvalue weighted by Crippen LogP contribution is 2.48. The summed E-state index contributed by atoms with van der Waals surface area (Å²) in [4.78, 5) is 15.3. The highest BCUT2D eigenvalue weighted by molar-refractivity contribution is 6.04. The topological polar surface area (TPSA) is 71.0 Å². The van der Waals surface area contributed by atoms with Crippen molar-refractivity contribution >= 4 is 17.1 Å². The molecular formula is C32H36N2O4. The highest BCUT2D eigenvalue weighted by atomic mass is 16.5. The van der Waals surface area contributed by atoms with Crippen molar-refractivity contribution in [1.82, 2.24) is 10.2 Å². The molecule has 0 spiro atoms. The van der Waals surface area contributed by atoms with Gasteiger partial charge in [-0.25, -0.2) is 0 Å². The lowest BCUT2D eigenvalue weighted by Crippen LogP contribution is -2.35. The predicted molar refractivity (Wildman–Crippen MR) is 151 cm³/mol. The first-order valence-corrected chi connectivity index (χ1v) is 13.3. The van der Waals surface area contributed by atoms with E-state index >= 15 is 0 Å². The molecule has 198 valence electrons. The lowest BCUT2D eigenvalue weighted by atomic mass is 9.84. The summed E-state index contributed by atoms with van der Waals surface area (Å²) in [5, 5.41) is 12.9. The SMILES string of the molecule is CNC(=O)c1ccccc1C1=C(C)c2cc(O)ccc2OC1c1ccc(OCC(C)N2CCC(C)C2)cc1. The number of nitrogens with zero attached hydrogens (tertiary/aromatic N) is 1. The lowest BCUT2D eigenvalue weighted by Gasteiger charge is -2.32. The molecule has 38 heavy (non-hydrogen) atoms. The summed E-state index contributed by atoms with van der Waals surface area (Å²) in [5.41, 5.74) is 5.00. The molecule has 6 heteroatoms. The second kappa shape index (κ2) is 10.9. The van der Waals surface area contributed by atoms with Crippen molar-refractivity contribution < 1.29 is 19.4 Å². The molecule has 0 radical (unpaired) electrons. The van der Waals surface area contributed by atoms with E-state index < -0.39 is 6.10 Å². The Bertz CT molecular complexity index is 1350. The van der Waals surface area contributed by atoms with Crippen LogP contribution in [0.25, 0.3) is 11.1 Å². The standard InChI is InChI=1S/C32H36N2O4/c1-20-15-16-34(18-20)21(2)19-37-25-12-9-23(10-13-25)31-30(26-7-5-6-8-27(26)32(36)33-4)22(3)28-17-24(35)11-14-29(28)38-31/h5-14,17,20-21,31,35H,15-16,18-19H2,1-4H3,(H,33,36). The third kappa shape index (κ3) is 5.14. The molecule has 0 aromatic heterocycles. The number of phenolic OH excluding ortho intramolecular Hbond substituents is 1. The van der Waals surface area contributed by atoms with E-state index in [0.29, 0.717) is 24.0 Å². The van der Waals surface area contributed by atoms with Crippen molar-refractivity contribution in [1.29, 1.82) is 0 Å². The average molecular weight is 513 g/mol. The van der Waals surface area contributed by atoms with Gasteiger partial charge in [0.25, 0.3) is 5.91 Å². The smallest absolute Gasteiger partial charge is 0.251 e. The van der Waals surface area contributed by atoms with Crippen LogP contribution in [0, 0.1) is 5.92 Å². The summed E-state index contributed by atoms with van der Waals surface area (Å²) in [6, 6.07) is 21.1. The molecule has 2 aliphatic rings. The Balaban J connectivity index is 1.46. The molecule has 0 aliphatic carbocycles. The molecule has 2 N–H and O–H groups in total. The fourth-order valence-electron chi connectivity index (χ4n) is 5.50. The van der Waals surface area contributed by atoms with Crippen LogP contribution < -0.4 is 14.8 Å². The van der Waals surface area contributed by atoms with E-state index in [1.807, 2.05) is 55.5 Å². The van der Waals surface area contributed by atoms with Crippen molar-refractivity contribution in [2.45, 2.75) is 39.3 Å². The minimum absolute atomic E-state index is 0.161. The monoisotopic (exact) mass is 512 g/mol. The van der Waals surface area contributed by atoms with Crippen LogP contribution in [0.2, 0.25) is 0 Å². The number of allylic oxidation sites excluding steroid dienone is 1. The zero-order valence-corrected chi connectivity index (χ0v) is 22.5. The van der Waals surface area contributed by atoms with Crippen LogP contribution in [0.15, 0.2) is 66.7 Å². The maximum Gasteiger partial charge on any atom is 0.251 e. The number of fused-ring (bicyclic) bond motifs is 1. The van der Waals surface area contributed by atoms with Crippen LogP contribution in [0.1, 0.15) is 60.3 Å². The Morgan fingerprint density at radius 1 is 1.13 bits per heavy atom. The van der Waals surface area contributed by atoms with Gasteiger partial charge in [-0.1, -0.05) is 37.3 Å². The molecule has 1 saturated heterocycles. The average Bonchev–Trinajstić information content (AvgIpc) is 3.38. The van der Waals surface area contributed by atoms with Crippen molar-refractivity contribution in [2.75, 3.05) is 26.7 Å². The molecule has 5 rings (SSSR count). The summed E-state index contributed by atoms with van der Waals surface area (Å²) in [5.74, 6) is 2.28. The van der Waals surface area contributed by atoms with Gasteiger partial charge in [-0.2, -0.15) is 0 Å². The maximum atomic E-state index is 12.8. The van der Waals surface area contributed by atoms with Gasteiger partial charge in [-0.05, 0) is 85.8 Å². The molecule has 2 aliphatic heterocycles. The summed E-state index contributed by atoms with van der Waals surface area (Å²) in [6.07, 6.45) is 0.818. The molecule has 3 aromatic rings. The van der Waals surface area contributed by atoms with Crippen LogP contribution in [-0.4, -0.2) is 48.7 Å². The number of hydrogen-bond acceptors (Lipinski definition) is 5. The number of nitrogens with one attached hydrogen (secondary N) is 1. The first-order valence-electron chi connectivity index (χ1n) is 13.3. The quantitative estimate of drug-likeness (QED) is 0.411. The molecule has 3 atom stereocenters. The van der Waals surface area contributed by atoms with Gasteiger partial charge in [0, 0.05) is 36.3 Å². The van der Waals surface area contributed by atoms with E-state index in [-0.39, 0.29) is 11.7 Å². The molecule has 2 heterocycles. The van der Waals surface area contributed by atoms with Crippen LogP contribution in [-0.2, 0) is 0 Å². The van der Waals surface area contributed by atoms with E-state index in [2.05, 4.69) is 24.1 Å². The van der Waals surface area contributed by atoms with E-state index in [9.17, 15) is 9.90 Å². The third-order valence-corrected chi connectivity index (χ3v) is 7.72. The van der Waals surface area contributed by atoms with E-state index in [1.54, 1.807) is 25.2 Å². The second-order valence-corrected chi connectivity index (χ2v) is 10.5. The molecular weight excluding hydrogens is 476 g/mol. The third-order valence-electron chi connectivity index (χ3n) is 7.72. The lowest BCUT2D eigenvalue weighted by molar-refractivity contribution is 0.0962. The number of carbonyl (C=O) groups is 1. The number of likely N-dealkylation sites (tertiary alicyclic amines) is 1. The van der Waals surface area contributed by atoms with Gasteiger partial charge in [-0.3, -0.25) is 9.69 Å². The summed E-state index contributed by atoms with van der Waals surface area (Å²) >= 11 is 0. The summed E-state index contributed by atoms with van der Waals surface area (Å²) in [7, 11) is 1.63. The fraction of sp³-hybridized carbons (Fsp3) is 0.344. The number of aromatic hydroxyl groups is 1. The molecule has 6 nitrogen and oxygen atoms in total. The molecule has 1 fully saturated rings. The van der Waals surface area contributed by atoms with Gasteiger partial charge in [0.1, 0.15) is 30.0 Å². The second-order valence-electron chi connectivity index (χ2n) is 10.5. The zero-order chi connectivity index (χ0) is 26.8.